The van der Waals surface area contributed by atoms with Crippen molar-refractivity contribution < 1.29 is 28.6 Å². The first kappa shape index (κ1) is 64.1. The molecular weight excluding hydrogens is 829 g/mol. The molecule has 0 aromatic rings. The van der Waals surface area contributed by atoms with Gasteiger partial charge in [-0.3, -0.25) is 14.4 Å². The summed E-state index contributed by atoms with van der Waals surface area (Å²) in [5.74, 6) is -0.868. The smallest absolute Gasteiger partial charge is 0.306 e. The molecule has 1 unspecified atom stereocenters. The van der Waals surface area contributed by atoms with Crippen LogP contribution in [0.1, 0.15) is 290 Å². The van der Waals surface area contributed by atoms with Gasteiger partial charge in [-0.15, -0.1) is 0 Å². The van der Waals surface area contributed by atoms with Crippen LogP contribution in [0.4, 0.5) is 0 Å². The lowest BCUT2D eigenvalue weighted by Crippen LogP contribution is -2.30. The molecule has 0 spiro atoms. The highest BCUT2D eigenvalue weighted by Crippen LogP contribution is 2.16. The maximum Gasteiger partial charge on any atom is 0.306 e. The third-order valence-corrected chi connectivity index (χ3v) is 12.5. The lowest BCUT2D eigenvalue weighted by atomic mass is 10.0. The molecule has 0 aliphatic heterocycles. The monoisotopic (exact) mass is 937 g/mol. The Morgan fingerprint density at radius 3 is 0.910 bits per heavy atom. The van der Waals surface area contributed by atoms with Gasteiger partial charge >= 0.3 is 17.9 Å². The number of allylic oxidation sites excluding steroid dienone is 10. The van der Waals surface area contributed by atoms with Crippen molar-refractivity contribution in [3.05, 3.63) is 60.8 Å². The first-order chi connectivity index (χ1) is 33.0. The van der Waals surface area contributed by atoms with Crippen LogP contribution in [0.15, 0.2) is 60.8 Å². The minimum absolute atomic E-state index is 0.0688. The fourth-order valence-electron chi connectivity index (χ4n) is 8.24. The van der Waals surface area contributed by atoms with Crippen molar-refractivity contribution in [2.75, 3.05) is 13.2 Å². The molecule has 0 radical (unpaired) electrons. The number of carbonyl (C=O) groups is 3. The molecule has 0 heterocycles. The second-order valence-corrected chi connectivity index (χ2v) is 19.2. The van der Waals surface area contributed by atoms with Crippen molar-refractivity contribution in [2.24, 2.45) is 0 Å². The number of rotatable bonds is 52. The van der Waals surface area contributed by atoms with Crippen LogP contribution in [-0.4, -0.2) is 37.2 Å². The normalized spacial score (nSPS) is 12.5. The van der Waals surface area contributed by atoms with Gasteiger partial charge in [0, 0.05) is 19.3 Å². The van der Waals surface area contributed by atoms with Gasteiger partial charge in [0.1, 0.15) is 13.2 Å². The highest BCUT2D eigenvalue weighted by molar-refractivity contribution is 5.71. The average molecular weight is 938 g/mol. The number of esters is 3. The standard InChI is InChI=1S/C61H108O6/c1-4-7-10-13-16-19-20-21-22-23-24-25-26-27-28-29-30-31-32-33-34-35-36-37-38-39-40-41-42-43-46-48-51-54-60(63)66-57-58(67-61(64)55-52-49-45-18-15-12-9-6-3)56-65-59(62)53-50-47-44-17-14-11-8-5-2/h7,10,16,19,21-22,24-25,27-28,58H,4-6,8-9,11-15,17-18,20,23,26,29-57H2,1-3H3/b10-7-,19-16-,22-21-,25-24-,28-27-. The zero-order valence-electron chi connectivity index (χ0n) is 44.4. The van der Waals surface area contributed by atoms with Crippen molar-refractivity contribution in [3.63, 3.8) is 0 Å². The third-order valence-electron chi connectivity index (χ3n) is 12.5. The Kier molecular flexibility index (Phi) is 53.3. The Bertz CT molecular complexity index is 1210. The Morgan fingerprint density at radius 2 is 0.582 bits per heavy atom. The Morgan fingerprint density at radius 1 is 0.313 bits per heavy atom. The third kappa shape index (κ3) is 53.9. The number of hydrogen-bond donors (Lipinski definition) is 0. The van der Waals surface area contributed by atoms with Gasteiger partial charge in [-0.05, 0) is 64.2 Å². The summed E-state index contributed by atoms with van der Waals surface area (Å²) in [6.07, 6.45) is 69.8. The molecule has 388 valence electrons. The summed E-state index contributed by atoms with van der Waals surface area (Å²) in [6, 6.07) is 0. The second-order valence-electron chi connectivity index (χ2n) is 19.2. The van der Waals surface area contributed by atoms with Crippen LogP contribution in [0, 0.1) is 0 Å². The van der Waals surface area contributed by atoms with Crippen LogP contribution in [0.5, 0.6) is 0 Å². The fraction of sp³-hybridized carbons (Fsp3) is 0.787. The molecule has 6 heteroatoms. The van der Waals surface area contributed by atoms with Crippen molar-refractivity contribution in [3.8, 4) is 0 Å². The lowest BCUT2D eigenvalue weighted by Gasteiger charge is -2.18. The molecule has 0 N–H and O–H groups in total. The van der Waals surface area contributed by atoms with E-state index in [1.54, 1.807) is 0 Å². The van der Waals surface area contributed by atoms with E-state index < -0.39 is 6.10 Å². The van der Waals surface area contributed by atoms with Crippen molar-refractivity contribution in [1.82, 2.24) is 0 Å². The van der Waals surface area contributed by atoms with Crippen molar-refractivity contribution >= 4 is 17.9 Å². The Hall–Kier alpha value is -2.89. The second kappa shape index (κ2) is 55.7. The van der Waals surface area contributed by atoms with E-state index in [2.05, 4.69) is 81.5 Å². The largest absolute Gasteiger partial charge is 0.462 e. The molecule has 0 rings (SSSR count). The molecule has 0 bridgehead atoms. The van der Waals surface area contributed by atoms with E-state index in [-0.39, 0.29) is 31.1 Å². The van der Waals surface area contributed by atoms with E-state index in [1.807, 2.05) is 0 Å². The lowest BCUT2D eigenvalue weighted by molar-refractivity contribution is -0.167. The average Bonchev–Trinajstić information content (AvgIpc) is 3.33. The van der Waals surface area contributed by atoms with Gasteiger partial charge in [-0.25, -0.2) is 0 Å². The number of carbonyl (C=O) groups excluding carboxylic acids is 3. The fourth-order valence-corrected chi connectivity index (χ4v) is 8.24. The van der Waals surface area contributed by atoms with Crippen molar-refractivity contribution in [2.45, 2.75) is 297 Å². The zero-order valence-corrected chi connectivity index (χ0v) is 44.4. The van der Waals surface area contributed by atoms with Crippen LogP contribution in [0.25, 0.3) is 0 Å². The van der Waals surface area contributed by atoms with Gasteiger partial charge in [-0.2, -0.15) is 0 Å². The van der Waals surface area contributed by atoms with Crippen LogP contribution in [0.3, 0.4) is 0 Å². The Labute approximate surface area is 415 Å². The molecular formula is C61H108O6. The maximum atomic E-state index is 12.7. The molecule has 0 saturated carbocycles. The molecule has 6 nitrogen and oxygen atoms in total. The molecule has 1 atom stereocenters. The van der Waals surface area contributed by atoms with Gasteiger partial charge in [0.15, 0.2) is 6.10 Å². The summed E-state index contributed by atoms with van der Waals surface area (Å²) in [5.41, 5.74) is 0. The summed E-state index contributed by atoms with van der Waals surface area (Å²) < 4.78 is 16.7. The van der Waals surface area contributed by atoms with Crippen LogP contribution in [0.2, 0.25) is 0 Å². The number of hydrogen-bond acceptors (Lipinski definition) is 6. The summed E-state index contributed by atoms with van der Waals surface area (Å²) >= 11 is 0. The molecule has 67 heavy (non-hydrogen) atoms. The van der Waals surface area contributed by atoms with E-state index >= 15 is 0 Å². The van der Waals surface area contributed by atoms with Gasteiger partial charge in [0.25, 0.3) is 0 Å². The molecule has 0 aliphatic rings. The van der Waals surface area contributed by atoms with Crippen LogP contribution in [-0.2, 0) is 28.6 Å². The van der Waals surface area contributed by atoms with Crippen LogP contribution < -0.4 is 0 Å². The first-order valence-electron chi connectivity index (χ1n) is 28.8. The first-order valence-corrected chi connectivity index (χ1v) is 28.8. The van der Waals surface area contributed by atoms with Gasteiger partial charge in [0.05, 0.1) is 0 Å². The van der Waals surface area contributed by atoms with E-state index in [9.17, 15) is 14.4 Å². The quantitative estimate of drug-likeness (QED) is 0.0262. The number of unbranched alkanes of at least 4 members (excludes halogenated alkanes) is 31. The van der Waals surface area contributed by atoms with E-state index in [4.69, 9.17) is 14.2 Å². The van der Waals surface area contributed by atoms with Gasteiger partial charge in [-0.1, -0.05) is 268 Å². The number of ether oxygens (including phenoxy) is 3. The SMILES string of the molecule is CC/C=C\C/C=C\C/C=C\C/C=C\C/C=C\CCCCCCCCCCCCCCCCCCCC(=O)OCC(COC(=O)CCCCCCCCCC)OC(=O)CCCCCCCCCC. The molecule has 0 aliphatic carbocycles. The Balaban J connectivity index is 3.91. The minimum atomic E-state index is -0.764. The topological polar surface area (TPSA) is 78.9 Å². The summed E-state index contributed by atoms with van der Waals surface area (Å²) in [5, 5.41) is 0. The minimum Gasteiger partial charge on any atom is -0.462 e. The maximum absolute atomic E-state index is 12.7. The summed E-state index contributed by atoms with van der Waals surface area (Å²) in [4.78, 5) is 37.7. The molecule has 0 aromatic carbocycles. The predicted molar refractivity (Wildman–Crippen MR) is 288 cm³/mol. The van der Waals surface area contributed by atoms with Crippen LogP contribution >= 0.6 is 0 Å². The molecule has 0 aromatic heterocycles. The zero-order chi connectivity index (χ0) is 48.6. The molecule has 0 fully saturated rings. The summed E-state index contributed by atoms with van der Waals surface area (Å²) in [7, 11) is 0. The van der Waals surface area contributed by atoms with Gasteiger partial charge in [0.2, 0.25) is 0 Å². The molecule has 0 amide bonds. The van der Waals surface area contributed by atoms with E-state index in [1.165, 1.54) is 161 Å². The van der Waals surface area contributed by atoms with E-state index in [0.717, 1.165) is 89.9 Å². The highest BCUT2D eigenvalue weighted by Gasteiger charge is 2.19. The predicted octanol–water partition coefficient (Wildman–Crippen LogP) is 19.2. The van der Waals surface area contributed by atoms with E-state index in [0.29, 0.717) is 19.3 Å². The summed E-state index contributed by atoms with van der Waals surface area (Å²) in [6.45, 7) is 6.48. The van der Waals surface area contributed by atoms with Gasteiger partial charge < -0.3 is 14.2 Å². The highest BCUT2D eigenvalue weighted by atomic mass is 16.6. The molecule has 0 saturated heterocycles. The van der Waals surface area contributed by atoms with Crippen molar-refractivity contribution in [1.29, 1.82) is 0 Å².